The van der Waals surface area contributed by atoms with E-state index in [-0.39, 0.29) is 5.92 Å². The van der Waals surface area contributed by atoms with Gasteiger partial charge in [-0.2, -0.15) is 0 Å². The number of hydrogen-bond donors (Lipinski definition) is 2. The van der Waals surface area contributed by atoms with Gasteiger partial charge in [0.05, 0.1) is 13.2 Å². The van der Waals surface area contributed by atoms with Crippen LogP contribution in [0.25, 0.3) is 0 Å². The molecule has 2 aliphatic rings. The summed E-state index contributed by atoms with van der Waals surface area (Å²) >= 11 is 0. The molecule has 2 aliphatic heterocycles. The van der Waals surface area contributed by atoms with Crippen LogP contribution in [0.1, 0.15) is 0 Å². The predicted molar refractivity (Wildman–Crippen MR) is 37.2 cm³/mol. The monoisotopic (exact) mass is 157 g/mol. The molecule has 0 aromatic carbocycles. The lowest BCUT2D eigenvalue weighted by Crippen LogP contribution is -2.38. The first-order valence-corrected chi connectivity index (χ1v) is 3.77. The first-order valence-electron chi connectivity index (χ1n) is 3.77. The van der Waals surface area contributed by atoms with Gasteiger partial charge in [-0.25, -0.2) is 0 Å². The minimum absolute atomic E-state index is 0.181. The Kier molecular flexibility index (Phi) is 1.40. The zero-order valence-electron chi connectivity index (χ0n) is 6.17. The quantitative estimate of drug-likeness (QED) is 0.529. The number of carbonyl (C=O) groups is 1. The van der Waals surface area contributed by atoms with Crippen LogP contribution in [0.15, 0.2) is 0 Å². The zero-order valence-corrected chi connectivity index (χ0v) is 6.17. The average Bonchev–Trinajstić information content (AvgIpc) is 2.40. The molecule has 0 aromatic rings. The van der Waals surface area contributed by atoms with E-state index in [0.717, 1.165) is 6.54 Å². The molecule has 0 amide bonds. The Morgan fingerprint density at radius 3 is 3.18 bits per heavy atom. The molecule has 0 spiro atoms. The van der Waals surface area contributed by atoms with Crippen molar-refractivity contribution in [3.8, 4) is 0 Å². The van der Waals surface area contributed by atoms with Gasteiger partial charge in [0.2, 0.25) is 0 Å². The highest BCUT2D eigenvalue weighted by atomic mass is 16.5. The van der Waals surface area contributed by atoms with Crippen LogP contribution in [0.2, 0.25) is 0 Å². The molecule has 11 heavy (non-hydrogen) atoms. The second kappa shape index (κ2) is 2.19. The van der Waals surface area contributed by atoms with Gasteiger partial charge in [0, 0.05) is 19.0 Å². The van der Waals surface area contributed by atoms with E-state index in [9.17, 15) is 4.79 Å². The molecule has 2 atom stereocenters. The van der Waals surface area contributed by atoms with E-state index in [2.05, 4.69) is 5.32 Å². The van der Waals surface area contributed by atoms with Gasteiger partial charge in [-0.1, -0.05) is 0 Å². The average molecular weight is 157 g/mol. The first-order chi connectivity index (χ1) is 5.26. The fraction of sp³-hybridized carbons (Fsp3) is 0.857. The highest BCUT2D eigenvalue weighted by Gasteiger charge is 2.53. The smallest absolute Gasteiger partial charge is 0.313 e. The third kappa shape index (κ3) is 0.795. The summed E-state index contributed by atoms with van der Waals surface area (Å²) in [6, 6.07) is 0. The molecule has 0 saturated carbocycles. The van der Waals surface area contributed by atoms with Crippen LogP contribution in [-0.4, -0.2) is 37.4 Å². The summed E-state index contributed by atoms with van der Waals surface area (Å²) in [5.74, 6) is -0.537. The van der Waals surface area contributed by atoms with Crippen molar-refractivity contribution in [1.29, 1.82) is 0 Å². The lowest BCUT2D eigenvalue weighted by Gasteiger charge is -2.19. The summed E-state index contributed by atoms with van der Waals surface area (Å²) < 4.78 is 5.16. The van der Waals surface area contributed by atoms with E-state index in [1.807, 2.05) is 0 Å². The largest absolute Gasteiger partial charge is 0.481 e. The standard InChI is InChI=1S/C7H11NO3/c9-6(10)7-3-8-1-5(7)2-11-4-7/h5,8H,1-4H2,(H,9,10)/t5-,7-/m0/s1. The number of aliphatic carboxylic acids is 1. The SMILES string of the molecule is O=C(O)[C@]12CNC[C@H]1COC2. The van der Waals surface area contributed by atoms with Crippen molar-refractivity contribution in [2.24, 2.45) is 11.3 Å². The van der Waals surface area contributed by atoms with Crippen molar-refractivity contribution >= 4 is 5.97 Å². The van der Waals surface area contributed by atoms with Gasteiger partial charge in [0.1, 0.15) is 5.41 Å². The second-order valence-electron chi connectivity index (χ2n) is 3.30. The van der Waals surface area contributed by atoms with Crippen molar-refractivity contribution in [2.45, 2.75) is 0 Å². The van der Waals surface area contributed by atoms with Gasteiger partial charge < -0.3 is 15.2 Å². The zero-order chi connectivity index (χ0) is 7.90. The van der Waals surface area contributed by atoms with Gasteiger partial charge in [0.25, 0.3) is 0 Å². The van der Waals surface area contributed by atoms with Crippen LogP contribution in [0, 0.1) is 11.3 Å². The molecule has 2 fully saturated rings. The van der Waals surface area contributed by atoms with Crippen molar-refractivity contribution in [3.63, 3.8) is 0 Å². The molecule has 4 nitrogen and oxygen atoms in total. The molecule has 2 heterocycles. The fourth-order valence-corrected chi connectivity index (χ4v) is 1.89. The van der Waals surface area contributed by atoms with Crippen LogP contribution in [-0.2, 0) is 9.53 Å². The van der Waals surface area contributed by atoms with Crippen LogP contribution in [0.5, 0.6) is 0 Å². The Morgan fingerprint density at radius 2 is 2.55 bits per heavy atom. The molecule has 62 valence electrons. The highest BCUT2D eigenvalue weighted by Crippen LogP contribution is 2.37. The molecule has 2 rings (SSSR count). The van der Waals surface area contributed by atoms with E-state index in [0.29, 0.717) is 19.8 Å². The Hall–Kier alpha value is -0.610. The summed E-state index contributed by atoms with van der Waals surface area (Å²) in [7, 11) is 0. The molecular formula is C7H11NO3. The summed E-state index contributed by atoms with van der Waals surface area (Å²) in [5, 5.41) is 12.0. The topological polar surface area (TPSA) is 58.6 Å². The summed E-state index contributed by atoms with van der Waals surface area (Å²) in [4.78, 5) is 10.9. The summed E-state index contributed by atoms with van der Waals surface area (Å²) in [6.45, 7) is 2.32. The van der Waals surface area contributed by atoms with E-state index < -0.39 is 11.4 Å². The third-order valence-electron chi connectivity index (χ3n) is 2.72. The number of carboxylic acid groups (broad SMARTS) is 1. The fourth-order valence-electron chi connectivity index (χ4n) is 1.89. The molecule has 0 bridgehead atoms. The van der Waals surface area contributed by atoms with Gasteiger partial charge in [-0.05, 0) is 0 Å². The molecule has 0 aliphatic carbocycles. The molecule has 0 unspecified atom stereocenters. The molecule has 2 N–H and O–H groups in total. The minimum atomic E-state index is -0.718. The maximum absolute atomic E-state index is 10.9. The van der Waals surface area contributed by atoms with Crippen molar-refractivity contribution in [2.75, 3.05) is 26.3 Å². The maximum atomic E-state index is 10.9. The Balaban J connectivity index is 2.26. The van der Waals surface area contributed by atoms with E-state index in [1.54, 1.807) is 0 Å². The summed E-state index contributed by atoms with van der Waals surface area (Å²) in [5.41, 5.74) is -0.611. The van der Waals surface area contributed by atoms with Crippen molar-refractivity contribution < 1.29 is 14.6 Å². The number of rotatable bonds is 1. The lowest BCUT2D eigenvalue weighted by molar-refractivity contribution is -0.149. The molecule has 4 heteroatoms. The van der Waals surface area contributed by atoms with Crippen LogP contribution >= 0.6 is 0 Å². The molecular weight excluding hydrogens is 146 g/mol. The molecule has 2 saturated heterocycles. The van der Waals surface area contributed by atoms with Crippen LogP contribution in [0.4, 0.5) is 0 Å². The number of ether oxygens (including phenoxy) is 1. The number of carboxylic acids is 1. The van der Waals surface area contributed by atoms with E-state index >= 15 is 0 Å². The van der Waals surface area contributed by atoms with Crippen LogP contribution < -0.4 is 5.32 Å². The van der Waals surface area contributed by atoms with Gasteiger partial charge in [0.15, 0.2) is 0 Å². The van der Waals surface area contributed by atoms with Crippen molar-refractivity contribution in [3.05, 3.63) is 0 Å². The van der Waals surface area contributed by atoms with Gasteiger partial charge in [-0.15, -0.1) is 0 Å². The van der Waals surface area contributed by atoms with Crippen molar-refractivity contribution in [1.82, 2.24) is 5.32 Å². The lowest BCUT2D eigenvalue weighted by atomic mass is 9.81. The maximum Gasteiger partial charge on any atom is 0.313 e. The summed E-state index contributed by atoms with van der Waals surface area (Å²) in [6.07, 6.45) is 0. The Morgan fingerprint density at radius 1 is 1.73 bits per heavy atom. The van der Waals surface area contributed by atoms with E-state index in [1.165, 1.54) is 0 Å². The van der Waals surface area contributed by atoms with Crippen LogP contribution in [0.3, 0.4) is 0 Å². The Labute approximate surface area is 64.5 Å². The van der Waals surface area contributed by atoms with Gasteiger partial charge in [-0.3, -0.25) is 4.79 Å². The minimum Gasteiger partial charge on any atom is -0.481 e. The Bertz CT molecular complexity index is 182. The molecule has 0 aromatic heterocycles. The normalized spacial score (nSPS) is 42.4. The predicted octanol–water partition coefficient (Wildman–Crippen LogP) is -0.693. The first kappa shape index (κ1) is 7.06. The van der Waals surface area contributed by atoms with E-state index in [4.69, 9.17) is 9.84 Å². The van der Waals surface area contributed by atoms with Gasteiger partial charge >= 0.3 is 5.97 Å². The molecule has 0 radical (unpaired) electrons. The number of hydrogen-bond acceptors (Lipinski definition) is 3. The third-order valence-corrected chi connectivity index (χ3v) is 2.72. The highest BCUT2D eigenvalue weighted by molar-refractivity contribution is 5.76. The second-order valence-corrected chi connectivity index (χ2v) is 3.30. The number of fused-ring (bicyclic) bond motifs is 1. The number of nitrogens with one attached hydrogen (secondary N) is 1.